The van der Waals surface area contributed by atoms with Gasteiger partial charge in [0.2, 0.25) is 0 Å². The standard InChI is InChI=1S/C14H22N2O2/c1-4-7-10-15-11-14(17)16(18)12-13(8-5-2)9-6-3/h4-6,9,11,13,18H,1-2,7-8,10,12H2,3H3/b9-6-,15-11?. The average Bonchev–Trinajstić information content (AvgIpc) is 2.35. The third kappa shape index (κ3) is 7.57. The lowest BCUT2D eigenvalue weighted by molar-refractivity contribution is -0.158. The van der Waals surface area contributed by atoms with Gasteiger partial charge in [-0.2, -0.15) is 0 Å². The Bertz CT molecular complexity index is 322. The number of hydroxylamine groups is 2. The number of amides is 1. The maximum atomic E-state index is 11.5. The first-order valence-corrected chi connectivity index (χ1v) is 6.00. The van der Waals surface area contributed by atoms with Crippen molar-refractivity contribution < 1.29 is 10.0 Å². The summed E-state index contributed by atoms with van der Waals surface area (Å²) in [5.74, 6) is -0.430. The number of aliphatic imine (C=N–C) groups is 1. The Morgan fingerprint density at radius 1 is 1.44 bits per heavy atom. The summed E-state index contributed by atoms with van der Waals surface area (Å²) < 4.78 is 0. The number of nitrogens with zero attached hydrogens (tertiary/aromatic N) is 2. The van der Waals surface area contributed by atoms with Crippen molar-refractivity contribution in [1.29, 1.82) is 0 Å². The smallest absolute Gasteiger partial charge is 0.287 e. The molecule has 0 bridgehead atoms. The van der Waals surface area contributed by atoms with Crippen LogP contribution in [-0.2, 0) is 4.79 Å². The first-order chi connectivity index (χ1) is 8.65. The first-order valence-electron chi connectivity index (χ1n) is 6.00. The zero-order valence-corrected chi connectivity index (χ0v) is 11.0. The van der Waals surface area contributed by atoms with Gasteiger partial charge in [0, 0.05) is 12.5 Å². The Labute approximate surface area is 109 Å². The fourth-order valence-electron chi connectivity index (χ4n) is 1.39. The maximum absolute atomic E-state index is 11.5. The molecule has 0 radical (unpaired) electrons. The van der Waals surface area contributed by atoms with Gasteiger partial charge in [-0.25, -0.2) is 5.06 Å². The minimum absolute atomic E-state index is 0.0722. The van der Waals surface area contributed by atoms with Gasteiger partial charge in [-0.1, -0.05) is 24.3 Å². The summed E-state index contributed by atoms with van der Waals surface area (Å²) >= 11 is 0. The van der Waals surface area contributed by atoms with Crippen LogP contribution < -0.4 is 0 Å². The second kappa shape index (κ2) is 10.5. The van der Waals surface area contributed by atoms with Gasteiger partial charge >= 0.3 is 0 Å². The molecule has 4 nitrogen and oxygen atoms in total. The number of rotatable bonds is 9. The van der Waals surface area contributed by atoms with Gasteiger partial charge in [0.15, 0.2) is 0 Å². The molecule has 0 aromatic carbocycles. The minimum Gasteiger partial charge on any atom is -0.287 e. The van der Waals surface area contributed by atoms with Crippen molar-refractivity contribution in [3.05, 3.63) is 37.5 Å². The number of carbonyl (C=O) groups excluding carboxylic acids is 1. The predicted octanol–water partition coefficient (Wildman–Crippen LogP) is 2.62. The highest BCUT2D eigenvalue weighted by Gasteiger charge is 2.12. The molecule has 0 spiro atoms. The fourth-order valence-corrected chi connectivity index (χ4v) is 1.39. The first kappa shape index (κ1) is 16.3. The second-order valence-corrected chi connectivity index (χ2v) is 3.84. The van der Waals surface area contributed by atoms with Gasteiger partial charge in [-0.15, -0.1) is 13.2 Å². The molecule has 4 heteroatoms. The van der Waals surface area contributed by atoms with Crippen molar-refractivity contribution in [2.24, 2.45) is 10.9 Å². The van der Waals surface area contributed by atoms with E-state index in [0.29, 0.717) is 24.4 Å². The molecule has 0 fully saturated rings. The molecule has 1 atom stereocenters. The number of hydrogen-bond acceptors (Lipinski definition) is 3. The van der Waals surface area contributed by atoms with Gasteiger partial charge in [0.25, 0.3) is 5.91 Å². The molecule has 100 valence electrons. The van der Waals surface area contributed by atoms with E-state index in [9.17, 15) is 10.0 Å². The Balaban J connectivity index is 4.22. The SMILES string of the molecule is C=CCCN=CC(=O)N(O)CC(/C=C\C)CC=C. The monoisotopic (exact) mass is 250 g/mol. The van der Waals surface area contributed by atoms with E-state index in [4.69, 9.17) is 0 Å². The Hall–Kier alpha value is -1.68. The molecule has 1 amide bonds. The van der Waals surface area contributed by atoms with Crippen LogP contribution in [0.1, 0.15) is 19.8 Å². The van der Waals surface area contributed by atoms with Crippen molar-refractivity contribution >= 4 is 12.1 Å². The van der Waals surface area contributed by atoms with E-state index in [0.717, 1.165) is 6.21 Å². The third-order valence-electron chi connectivity index (χ3n) is 2.26. The Kier molecular flexibility index (Phi) is 9.50. The molecular weight excluding hydrogens is 228 g/mol. The number of allylic oxidation sites excluding steroid dienone is 2. The van der Waals surface area contributed by atoms with E-state index >= 15 is 0 Å². The summed E-state index contributed by atoms with van der Waals surface area (Å²) in [6, 6.07) is 0. The van der Waals surface area contributed by atoms with Crippen LogP contribution in [0.2, 0.25) is 0 Å². The highest BCUT2D eigenvalue weighted by Crippen LogP contribution is 2.07. The van der Waals surface area contributed by atoms with Crippen LogP contribution in [0, 0.1) is 5.92 Å². The minimum atomic E-state index is -0.502. The topological polar surface area (TPSA) is 52.9 Å². The van der Waals surface area contributed by atoms with Gasteiger partial charge < -0.3 is 0 Å². The van der Waals surface area contributed by atoms with Gasteiger partial charge in [0.05, 0.1) is 12.8 Å². The van der Waals surface area contributed by atoms with Gasteiger partial charge in [-0.3, -0.25) is 15.0 Å². The molecule has 0 aromatic rings. The number of carbonyl (C=O) groups is 1. The van der Waals surface area contributed by atoms with E-state index in [2.05, 4.69) is 18.2 Å². The lowest BCUT2D eigenvalue weighted by Gasteiger charge is -2.17. The molecule has 0 aliphatic heterocycles. The molecule has 0 rings (SSSR count). The lowest BCUT2D eigenvalue weighted by Crippen LogP contribution is -2.32. The normalized spacial score (nSPS) is 12.8. The third-order valence-corrected chi connectivity index (χ3v) is 2.26. The largest absolute Gasteiger partial charge is 0.287 e. The molecule has 0 saturated carbocycles. The average molecular weight is 250 g/mol. The van der Waals surface area contributed by atoms with Crippen molar-refractivity contribution in [3.8, 4) is 0 Å². The van der Waals surface area contributed by atoms with E-state index in [1.807, 2.05) is 19.1 Å². The molecule has 18 heavy (non-hydrogen) atoms. The van der Waals surface area contributed by atoms with Gasteiger partial charge in [-0.05, 0) is 19.8 Å². The van der Waals surface area contributed by atoms with Crippen molar-refractivity contribution in [2.45, 2.75) is 19.8 Å². The quantitative estimate of drug-likeness (QED) is 0.225. The number of hydrogen-bond donors (Lipinski definition) is 1. The summed E-state index contributed by atoms with van der Waals surface area (Å²) in [6.45, 7) is 9.85. The summed E-state index contributed by atoms with van der Waals surface area (Å²) in [7, 11) is 0. The van der Waals surface area contributed by atoms with Crippen LogP contribution in [0.15, 0.2) is 42.5 Å². The second-order valence-electron chi connectivity index (χ2n) is 3.84. The van der Waals surface area contributed by atoms with E-state index in [1.165, 1.54) is 0 Å². The van der Waals surface area contributed by atoms with E-state index in [1.54, 1.807) is 12.2 Å². The van der Waals surface area contributed by atoms with Crippen LogP contribution in [0.3, 0.4) is 0 Å². The van der Waals surface area contributed by atoms with E-state index in [-0.39, 0.29) is 12.5 Å². The van der Waals surface area contributed by atoms with Crippen molar-refractivity contribution in [3.63, 3.8) is 0 Å². The molecule has 1 N–H and O–H groups in total. The van der Waals surface area contributed by atoms with Crippen LogP contribution in [-0.4, -0.2) is 35.5 Å². The summed E-state index contributed by atoms with van der Waals surface area (Å²) in [5, 5.41) is 10.3. The van der Waals surface area contributed by atoms with Crippen LogP contribution in [0.5, 0.6) is 0 Å². The lowest BCUT2D eigenvalue weighted by atomic mass is 10.1. The Morgan fingerprint density at radius 2 is 2.17 bits per heavy atom. The molecule has 0 aliphatic rings. The summed E-state index contributed by atoms with van der Waals surface area (Å²) in [6.07, 6.45) is 9.89. The molecule has 0 aliphatic carbocycles. The zero-order valence-electron chi connectivity index (χ0n) is 11.0. The Morgan fingerprint density at radius 3 is 2.72 bits per heavy atom. The van der Waals surface area contributed by atoms with Crippen LogP contribution in [0.25, 0.3) is 0 Å². The summed E-state index contributed by atoms with van der Waals surface area (Å²) in [4.78, 5) is 15.4. The molecular formula is C14H22N2O2. The highest BCUT2D eigenvalue weighted by molar-refractivity contribution is 6.25. The van der Waals surface area contributed by atoms with Crippen molar-refractivity contribution in [2.75, 3.05) is 13.1 Å². The predicted molar refractivity (Wildman–Crippen MR) is 74.8 cm³/mol. The van der Waals surface area contributed by atoms with Crippen molar-refractivity contribution in [1.82, 2.24) is 5.06 Å². The fraction of sp³-hybridized carbons (Fsp3) is 0.429. The molecule has 0 aromatic heterocycles. The maximum Gasteiger partial charge on any atom is 0.287 e. The molecule has 0 heterocycles. The van der Waals surface area contributed by atoms with Gasteiger partial charge in [0.1, 0.15) is 0 Å². The highest BCUT2D eigenvalue weighted by atomic mass is 16.5. The molecule has 0 saturated heterocycles. The van der Waals surface area contributed by atoms with Crippen LogP contribution in [0.4, 0.5) is 0 Å². The summed E-state index contributed by atoms with van der Waals surface area (Å²) in [5.41, 5.74) is 0. The van der Waals surface area contributed by atoms with Crippen LogP contribution >= 0.6 is 0 Å². The molecule has 1 unspecified atom stereocenters. The van der Waals surface area contributed by atoms with E-state index < -0.39 is 5.91 Å². The zero-order chi connectivity index (χ0) is 13.8.